The highest BCUT2D eigenvalue weighted by atomic mass is 19.1. The van der Waals surface area contributed by atoms with Gasteiger partial charge in [-0.3, -0.25) is 14.9 Å². The molecule has 0 atom stereocenters. The van der Waals surface area contributed by atoms with Crippen molar-refractivity contribution >= 4 is 11.9 Å². The first kappa shape index (κ1) is 18.6. The average molecular weight is 367 g/mol. The summed E-state index contributed by atoms with van der Waals surface area (Å²) >= 11 is 0. The summed E-state index contributed by atoms with van der Waals surface area (Å²) in [5.74, 6) is -0.322. The van der Waals surface area contributed by atoms with Crippen LogP contribution in [-0.4, -0.2) is 21.1 Å². The SMILES string of the molecule is Cc1[nH]n(-c2ccc(F)cc2)c(=O)c1C=Nc1cc(C(C)(C)C)ccc1O. The molecule has 0 saturated carbocycles. The molecule has 0 saturated heterocycles. The van der Waals surface area contributed by atoms with Crippen molar-refractivity contribution < 1.29 is 9.50 Å². The monoisotopic (exact) mass is 367 g/mol. The van der Waals surface area contributed by atoms with Gasteiger partial charge in [-0.25, -0.2) is 9.07 Å². The number of aromatic nitrogens is 2. The fourth-order valence-corrected chi connectivity index (χ4v) is 2.71. The van der Waals surface area contributed by atoms with Crippen LogP contribution in [0.4, 0.5) is 10.1 Å². The number of phenolic OH excluding ortho intramolecular Hbond substituents is 1. The Kier molecular flexibility index (Phi) is 4.74. The molecule has 140 valence electrons. The van der Waals surface area contributed by atoms with Crippen LogP contribution in [0.25, 0.3) is 5.69 Å². The fourth-order valence-electron chi connectivity index (χ4n) is 2.71. The zero-order valence-corrected chi connectivity index (χ0v) is 15.7. The van der Waals surface area contributed by atoms with Crippen molar-refractivity contribution in [1.29, 1.82) is 0 Å². The molecule has 5 nitrogen and oxygen atoms in total. The quantitative estimate of drug-likeness (QED) is 0.675. The van der Waals surface area contributed by atoms with Gasteiger partial charge in [0.05, 0.1) is 11.3 Å². The highest BCUT2D eigenvalue weighted by molar-refractivity contribution is 5.83. The lowest BCUT2D eigenvalue weighted by molar-refractivity contribution is 0.475. The van der Waals surface area contributed by atoms with E-state index in [0.717, 1.165) is 5.56 Å². The highest BCUT2D eigenvalue weighted by Crippen LogP contribution is 2.32. The second-order valence-corrected chi connectivity index (χ2v) is 7.48. The van der Waals surface area contributed by atoms with E-state index in [1.807, 2.05) is 12.1 Å². The van der Waals surface area contributed by atoms with Crippen molar-refractivity contribution in [2.24, 2.45) is 4.99 Å². The van der Waals surface area contributed by atoms with E-state index in [2.05, 4.69) is 30.9 Å². The van der Waals surface area contributed by atoms with Gasteiger partial charge in [0.25, 0.3) is 5.56 Å². The van der Waals surface area contributed by atoms with E-state index in [1.54, 1.807) is 13.0 Å². The molecule has 0 unspecified atom stereocenters. The first-order valence-electron chi connectivity index (χ1n) is 8.62. The first-order valence-corrected chi connectivity index (χ1v) is 8.62. The lowest BCUT2D eigenvalue weighted by atomic mass is 9.87. The van der Waals surface area contributed by atoms with Gasteiger partial charge >= 0.3 is 0 Å². The summed E-state index contributed by atoms with van der Waals surface area (Å²) in [6.45, 7) is 7.98. The van der Waals surface area contributed by atoms with Gasteiger partial charge in [0.2, 0.25) is 0 Å². The van der Waals surface area contributed by atoms with Gasteiger partial charge in [-0.05, 0) is 54.3 Å². The summed E-state index contributed by atoms with van der Waals surface area (Å²) in [4.78, 5) is 17.0. The minimum atomic E-state index is -0.369. The number of nitrogens with one attached hydrogen (secondary N) is 1. The van der Waals surface area contributed by atoms with Crippen molar-refractivity contribution in [3.05, 3.63) is 75.5 Å². The summed E-state index contributed by atoms with van der Waals surface area (Å²) in [5, 5.41) is 13.0. The molecule has 27 heavy (non-hydrogen) atoms. The standard InChI is InChI=1S/C21H22FN3O2/c1-13-17(20(27)25(24-13)16-8-6-15(22)7-9-16)12-23-18-11-14(21(2,3)4)5-10-19(18)26/h5-12,24,26H,1-4H3. The Balaban J connectivity index is 2.00. The minimum absolute atomic E-state index is 0.0475. The summed E-state index contributed by atoms with van der Waals surface area (Å²) in [6.07, 6.45) is 1.44. The Bertz CT molecular complexity index is 1050. The van der Waals surface area contributed by atoms with E-state index in [1.165, 1.54) is 35.2 Å². The Hall–Kier alpha value is -3.15. The number of H-pyrrole nitrogens is 1. The summed E-state index contributed by atoms with van der Waals surface area (Å²) in [6, 6.07) is 10.9. The van der Waals surface area contributed by atoms with E-state index >= 15 is 0 Å². The molecule has 1 aromatic heterocycles. The third-order valence-corrected chi connectivity index (χ3v) is 4.38. The second kappa shape index (κ2) is 6.87. The Labute approximate surface area is 156 Å². The molecule has 0 amide bonds. The fraction of sp³-hybridized carbons (Fsp3) is 0.238. The Morgan fingerprint density at radius 3 is 2.44 bits per heavy atom. The number of hydrogen-bond donors (Lipinski definition) is 2. The molecule has 1 heterocycles. The molecule has 0 aliphatic carbocycles. The maximum Gasteiger partial charge on any atom is 0.280 e. The molecule has 6 heteroatoms. The number of rotatable bonds is 3. The van der Waals surface area contributed by atoms with Crippen LogP contribution in [0.5, 0.6) is 5.75 Å². The predicted molar refractivity (Wildman–Crippen MR) is 105 cm³/mol. The second-order valence-electron chi connectivity index (χ2n) is 7.48. The topological polar surface area (TPSA) is 70.4 Å². The Morgan fingerprint density at radius 2 is 1.81 bits per heavy atom. The van der Waals surface area contributed by atoms with E-state index in [9.17, 15) is 14.3 Å². The zero-order valence-electron chi connectivity index (χ0n) is 15.7. The van der Waals surface area contributed by atoms with Crippen molar-refractivity contribution in [1.82, 2.24) is 9.78 Å². The summed E-state index contributed by atoms with van der Waals surface area (Å²) in [5.41, 5.74) is 2.57. The van der Waals surface area contributed by atoms with Gasteiger partial charge in [0.15, 0.2) is 0 Å². The van der Waals surface area contributed by atoms with Crippen LogP contribution in [0.3, 0.4) is 0 Å². The summed E-state index contributed by atoms with van der Waals surface area (Å²) in [7, 11) is 0. The number of hydrogen-bond acceptors (Lipinski definition) is 3. The minimum Gasteiger partial charge on any atom is -0.506 e. The van der Waals surface area contributed by atoms with E-state index in [4.69, 9.17) is 0 Å². The van der Waals surface area contributed by atoms with Crippen molar-refractivity contribution in [3.63, 3.8) is 0 Å². The van der Waals surface area contributed by atoms with E-state index in [-0.39, 0.29) is 22.5 Å². The molecule has 2 aromatic carbocycles. The number of benzene rings is 2. The van der Waals surface area contributed by atoms with Crippen molar-refractivity contribution in [3.8, 4) is 11.4 Å². The van der Waals surface area contributed by atoms with Gasteiger partial charge in [-0.15, -0.1) is 0 Å². The van der Waals surface area contributed by atoms with Crippen LogP contribution in [0, 0.1) is 12.7 Å². The van der Waals surface area contributed by atoms with Crippen molar-refractivity contribution in [2.75, 3.05) is 0 Å². The third kappa shape index (κ3) is 3.84. The van der Waals surface area contributed by atoms with Crippen LogP contribution < -0.4 is 5.56 Å². The third-order valence-electron chi connectivity index (χ3n) is 4.38. The van der Waals surface area contributed by atoms with Gasteiger partial charge in [-0.1, -0.05) is 26.8 Å². The van der Waals surface area contributed by atoms with Crippen LogP contribution in [-0.2, 0) is 5.41 Å². The van der Waals surface area contributed by atoms with Gasteiger partial charge in [0, 0.05) is 11.9 Å². The number of phenols is 1. The molecule has 0 radical (unpaired) electrons. The molecule has 0 bridgehead atoms. The lowest BCUT2D eigenvalue weighted by Crippen LogP contribution is -2.17. The van der Waals surface area contributed by atoms with Crippen LogP contribution in [0.15, 0.2) is 52.3 Å². The van der Waals surface area contributed by atoms with Crippen LogP contribution in [0.2, 0.25) is 0 Å². The summed E-state index contributed by atoms with van der Waals surface area (Å²) < 4.78 is 14.4. The molecular weight excluding hydrogens is 345 g/mol. The van der Waals surface area contributed by atoms with Crippen molar-refractivity contribution in [2.45, 2.75) is 33.1 Å². The molecule has 0 aliphatic heterocycles. The number of aromatic amines is 1. The number of aryl methyl sites for hydroxylation is 1. The Morgan fingerprint density at radius 1 is 1.15 bits per heavy atom. The van der Waals surface area contributed by atoms with Gasteiger partial charge < -0.3 is 5.11 Å². The maximum atomic E-state index is 13.1. The molecule has 3 rings (SSSR count). The predicted octanol–water partition coefficient (Wildman–Crippen LogP) is 4.37. The molecule has 3 aromatic rings. The smallest absolute Gasteiger partial charge is 0.280 e. The first-order chi connectivity index (χ1) is 12.7. The molecular formula is C21H22FN3O2. The molecule has 0 fully saturated rings. The number of nitrogens with zero attached hydrogens (tertiary/aromatic N) is 2. The van der Waals surface area contributed by atoms with Crippen LogP contribution >= 0.6 is 0 Å². The van der Waals surface area contributed by atoms with Gasteiger partial charge in [-0.2, -0.15) is 0 Å². The molecule has 0 aliphatic rings. The number of aliphatic imine (C=N–C) groups is 1. The normalized spacial score (nSPS) is 12.0. The van der Waals surface area contributed by atoms with Gasteiger partial charge in [0.1, 0.15) is 17.3 Å². The largest absolute Gasteiger partial charge is 0.506 e. The molecule has 2 N–H and O–H groups in total. The molecule has 0 spiro atoms. The van der Waals surface area contributed by atoms with Crippen LogP contribution in [0.1, 0.15) is 37.6 Å². The zero-order chi connectivity index (χ0) is 19.8. The van der Waals surface area contributed by atoms with E-state index in [0.29, 0.717) is 22.6 Å². The lowest BCUT2D eigenvalue weighted by Gasteiger charge is -2.19. The average Bonchev–Trinajstić information content (AvgIpc) is 2.88. The van der Waals surface area contributed by atoms with E-state index < -0.39 is 0 Å². The maximum absolute atomic E-state index is 13.1. The number of aromatic hydroxyl groups is 1. The highest BCUT2D eigenvalue weighted by Gasteiger charge is 2.16. The number of halogens is 1.